The van der Waals surface area contributed by atoms with Gasteiger partial charge in [0.15, 0.2) is 12.4 Å². The van der Waals surface area contributed by atoms with E-state index in [1.165, 1.54) is 29.2 Å². The van der Waals surface area contributed by atoms with E-state index in [9.17, 15) is 18.8 Å². The summed E-state index contributed by atoms with van der Waals surface area (Å²) >= 11 is 0. The van der Waals surface area contributed by atoms with Gasteiger partial charge in [-0.3, -0.25) is 19.3 Å². The van der Waals surface area contributed by atoms with Crippen LogP contribution in [0.4, 0.5) is 10.1 Å². The standard InChI is InChI=1S/C25H20FNO4/c26-14-3-1-13(2-4-14)21(28)12-31-16-7-5-15(6-8-16)27-24(29)22-17-9-10-18(20-11-19(17)20)23(22)25(27)30/h1-10,17-20,22-23H,11-12H2/t17-,18-,19-,20+,22-,23+/m0/s1. The van der Waals surface area contributed by atoms with E-state index in [-0.39, 0.29) is 47.9 Å². The molecule has 5 aliphatic rings. The van der Waals surface area contributed by atoms with Crippen molar-refractivity contribution in [1.29, 1.82) is 0 Å². The Balaban J connectivity index is 1.16. The summed E-state index contributed by atoms with van der Waals surface area (Å²) in [6.07, 6.45) is 5.45. The number of hydrogen-bond acceptors (Lipinski definition) is 4. The number of ketones is 1. The van der Waals surface area contributed by atoms with Gasteiger partial charge in [0.1, 0.15) is 11.6 Å². The summed E-state index contributed by atoms with van der Waals surface area (Å²) in [5, 5.41) is 0. The molecule has 1 saturated heterocycles. The Morgan fingerprint density at radius 1 is 0.903 bits per heavy atom. The molecule has 0 radical (unpaired) electrons. The van der Waals surface area contributed by atoms with Gasteiger partial charge in [-0.05, 0) is 78.6 Å². The third kappa shape index (κ3) is 2.77. The van der Waals surface area contributed by atoms with Gasteiger partial charge in [0, 0.05) is 5.56 Å². The molecule has 0 aromatic heterocycles. The van der Waals surface area contributed by atoms with E-state index in [1.807, 2.05) is 0 Å². The highest BCUT2D eigenvalue weighted by Crippen LogP contribution is 2.65. The lowest BCUT2D eigenvalue weighted by atomic mass is 9.63. The van der Waals surface area contributed by atoms with E-state index in [2.05, 4.69) is 12.2 Å². The molecule has 1 heterocycles. The molecule has 6 atom stereocenters. The number of halogens is 1. The monoisotopic (exact) mass is 417 g/mol. The van der Waals surface area contributed by atoms with Crippen molar-refractivity contribution in [3.63, 3.8) is 0 Å². The minimum absolute atomic E-state index is 0.0974. The van der Waals surface area contributed by atoms with Crippen molar-refractivity contribution in [2.75, 3.05) is 11.5 Å². The molecule has 2 aromatic carbocycles. The maximum absolute atomic E-state index is 13.2. The highest BCUT2D eigenvalue weighted by atomic mass is 19.1. The highest BCUT2D eigenvalue weighted by molar-refractivity contribution is 6.22. The molecule has 7 rings (SSSR count). The van der Waals surface area contributed by atoms with Crippen molar-refractivity contribution < 1.29 is 23.5 Å². The van der Waals surface area contributed by atoms with Crippen LogP contribution >= 0.6 is 0 Å². The quantitative estimate of drug-likeness (QED) is 0.423. The third-order valence-corrected chi connectivity index (χ3v) is 7.29. The first kappa shape index (κ1) is 18.5. The topological polar surface area (TPSA) is 63.7 Å². The zero-order chi connectivity index (χ0) is 21.3. The summed E-state index contributed by atoms with van der Waals surface area (Å²) in [4.78, 5) is 39.8. The lowest BCUT2D eigenvalue weighted by Gasteiger charge is -2.37. The summed E-state index contributed by atoms with van der Waals surface area (Å²) in [7, 11) is 0. The maximum atomic E-state index is 13.2. The number of allylic oxidation sites excluding steroid dienone is 2. The van der Waals surface area contributed by atoms with Crippen molar-refractivity contribution in [2.24, 2.45) is 35.5 Å². The molecular weight excluding hydrogens is 397 g/mol. The number of nitrogens with zero attached hydrogens (tertiary/aromatic N) is 1. The molecular formula is C25H20FNO4. The number of rotatable bonds is 5. The SMILES string of the molecule is O=C(COc1ccc(N2C(=O)[C@@H]3[C@H]4C=C[C@@H]([C@@H]5C[C@H]45)[C@@H]3C2=O)cc1)c1ccc(F)cc1. The van der Waals surface area contributed by atoms with Gasteiger partial charge in [0.2, 0.25) is 11.8 Å². The van der Waals surface area contributed by atoms with Crippen LogP contribution in [0.1, 0.15) is 16.8 Å². The molecule has 2 saturated carbocycles. The van der Waals surface area contributed by atoms with Crippen LogP contribution in [0.2, 0.25) is 0 Å². The molecule has 2 amide bonds. The van der Waals surface area contributed by atoms with Crippen LogP contribution in [0.3, 0.4) is 0 Å². The number of imide groups is 1. The summed E-state index contributed by atoms with van der Waals surface area (Å²) in [5.74, 6) is 0.677. The second-order valence-corrected chi connectivity index (χ2v) is 8.88. The smallest absolute Gasteiger partial charge is 0.238 e. The second-order valence-electron chi connectivity index (χ2n) is 8.88. The Kier molecular flexibility index (Phi) is 3.94. The van der Waals surface area contributed by atoms with Gasteiger partial charge in [-0.25, -0.2) is 4.39 Å². The molecule has 1 aliphatic heterocycles. The molecule has 0 spiro atoms. The Labute approximate surface area is 178 Å². The maximum Gasteiger partial charge on any atom is 0.238 e. The van der Waals surface area contributed by atoms with Gasteiger partial charge in [0.25, 0.3) is 0 Å². The van der Waals surface area contributed by atoms with Crippen molar-refractivity contribution in [2.45, 2.75) is 6.42 Å². The van der Waals surface area contributed by atoms with E-state index in [0.29, 0.717) is 28.8 Å². The van der Waals surface area contributed by atoms with E-state index >= 15 is 0 Å². The third-order valence-electron chi connectivity index (χ3n) is 7.29. The van der Waals surface area contributed by atoms with E-state index < -0.39 is 5.82 Å². The first-order chi connectivity index (χ1) is 15.0. The van der Waals surface area contributed by atoms with Crippen LogP contribution in [0.25, 0.3) is 0 Å². The van der Waals surface area contributed by atoms with Gasteiger partial charge in [-0.15, -0.1) is 0 Å². The zero-order valence-electron chi connectivity index (χ0n) is 16.6. The van der Waals surface area contributed by atoms with E-state index in [1.54, 1.807) is 24.3 Å². The summed E-state index contributed by atoms with van der Waals surface area (Å²) in [6, 6.07) is 12.0. The van der Waals surface area contributed by atoms with Gasteiger partial charge < -0.3 is 4.74 Å². The van der Waals surface area contributed by atoms with E-state index in [4.69, 9.17) is 4.74 Å². The van der Waals surface area contributed by atoms with Crippen LogP contribution in [0.15, 0.2) is 60.7 Å². The molecule has 2 bridgehead atoms. The highest BCUT2D eigenvalue weighted by Gasteiger charge is 2.67. The largest absolute Gasteiger partial charge is 0.485 e. The molecule has 3 fully saturated rings. The number of ether oxygens (including phenoxy) is 1. The molecule has 5 nitrogen and oxygen atoms in total. The fraction of sp³-hybridized carbons (Fsp3) is 0.320. The average molecular weight is 417 g/mol. The van der Waals surface area contributed by atoms with Crippen LogP contribution in [0, 0.1) is 41.3 Å². The summed E-state index contributed by atoms with van der Waals surface area (Å²) < 4.78 is 18.5. The number of anilines is 1. The summed E-state index contributed by atoms with van der Waals surface area (Å²) in [6.45, 7) is -0.186. The fourth-order valence-corrected chi connectivity index (χ4v) is 5.77. The summed E-state index contributed by atoms with van der Waals surface area (Å²) in [5.41, 5.74) is 0.907. The molecule has 31 heavy (non-hydrogen) atoms. The predicted octanol–water partition coefficient (Wildman–Crippen LogP) is 3.64. The zero-order valence-corrected chi connectivity index (χ0v) is 16.6. The average Bonchev–Trinajstić information content (AvgIpc) is 3.56. The number of amides is 2. The van der Waals surface area contributed by atoms with Gasteiger partial charge in [-0.1, -0.05) is 12.2 Å². The molecule has 6 heteroatoms. The van der Waals surface area contributed by atoms with Crippen LogP contribution in [-0.2, 0) is 9.59 Å². The Morgan fingerprint density at radius 3 is 2.06 bits per heavy atom. The number of hydrogen-bond donors (Lipinski definition) is 0. The minimum atomic E-state index is -0.403. The molecule has 4 aliphatic carbocycles. The Hall–Kier alpha value is -3.28. The lowest BCUT2D eigenvalue weighted by molar-refractivity contribution is -0.124. The molecule has 0 N–H and O–H groups in total. The van der Waals surface area contributed by atoms with Gasteiger partial charge in [0.05, 0.1) is 17.5 Å². The first-order valence-corrected chi connectivity index (χ1v) is 10.6. The number of carbonyl (C=O) groups excluding carboxylic acids is 3. The molecule has 156 valence electrons. The number of carbonyl (C=O) groups is 3. The van der Waals surface area contributed by atoms with Crippen LogP contribution in [-0.4, -0.2) is 24.2 Å². The van der Waals surface area contributed by atoms with Crippen molar-refractivity contribution in [3.05, 3.63) is 72.1 Å². The van der Waals surface area contributed by atoms with Crippen molar-refractivity contribution >= 4 is 23.3 Å². The van der Waals surface area contributed by atoms with Crippen molar-refractivity contribution in [1.82, 2.24) is 0 Å². The Bertz CT molecular complexity index is 1090. The normalized spacial score (nSPS) is 32.1. The molecule has 0 unspecified atom stereocenters. The van der Waals surface area contributed by atoms with E-state index in [0.717, 1.165) is 6.42 Å². The molecule has 2 aromatic rings. The second kappa shape index (κ2) is 6.61. The minimum Gasteiger partial charge on any atom is -0.485 e. The number of Topliss-reactive ketones (excluding diaryl/α,β-unsaturated/α-hetero) is 1. The van der Waals surface area contributed by atoms with Gasteiger partial charge in [-0.2, -0.15) is 0 Å². The number of benzene rings is 2. The lowest BCUT2D eigenvalue weighted by Crippen LogP contribution is -2.40. The van der Waals surface area contributed by atoms with Crippen LogP contribution in [0.5, 0.6) is 5.75 Å². The van der Waals surface area contributed by atoms with Gasteiger partial charge >= 0.3 is 0 Å². The van der Waals surface area contributed by atoms with Crippen molar-refractivity contribution in [3.8, 4) is 5.75 Å². The predicted molar refractivity (Wildman–Crippen MR) is 110 cm³/mol. The van der Waals surface area contributed by atoms with Crippen LogP contribution < -0.4 is 9.64 Å². The first-order valence-electron chi connectivity index (χ1n) is 10.6. The Morgan fingerprint density at radius 2 is 1.48 bits per heavy atom. The fourth-order valence-electron chi connectivity index (χ4n) is 5.77.